The third-order valence-corrected chi connectivity index (χ3v) is 4.25. The van der Waals surface area contributed by atoms with Crippen LogP contribution < -0.4 is 11.1 Å². The van der Waals surface area contributed by atoms with E-state index in [1.165, 1.54) is 12.1 Å². The Morgan fingerprint density at radius 1 is 1.12 bits per heavy atom. The lowest BCUT2D eigenvalue weighted by atomic mass is 10.1. The van der Waals surface area contributed by atoms with Gasteiger partial charge in [-0.05, 0) is 49.4 Å². The average molecular weight is 372 g/mol. The predicted molar refractivity (Wildman–Crippen MR) is 102 cm³/mol. The molecule has 3 rings (SSSR count). The van der Waals surface area contributed by atoms with E-state index in [0.717, 1.165) is 0 Å². The van der Waals surface area contributed by atoms with Crippen LogP contribution in [0.4, 0.5) is 5.69 Å². The number of hydrogen-bond donors (Lipinski definition) is 4. The Morgan fingerprint density at radius 2 is 1.81 bits per heavy atom. The lowest BCUT2D eigenvalue weighted by Crippen LogP contribution is -2.25. The number of halogens is 1. The number of hydrogen-bond acceptors (Lipinski definition) is 4. The molecular formula is C19H18ClN3O3. The molecule has 7 heteroatoms. The van der Waals surface area contributed by atoms with Crippen LogP contribution in [0, 0.1) is 0 Å². The second-order valence-electron chi connectivity index (χ2n) is 5.71. The zero-order valence-electron chi connectivity index (χ0n) is 14.0. The van der Waals surface area contributed by atoms with Gasteiger partial charge in [0, 0.05) is 29.5 Å². The first-order chi connectivity index (χ1) is 12.4. The number of phenols is 2. The highest BCUT2D eigenvalue weighted by Gasteiger charge is 2.20. The highest BCUT2D eigenvalue weighted by Crippen LogP contribution is 2.39. The molecule has 0 radical (unpaired) electrons. The first-order valence-electron chi connectivity index (χ1n) is 8.00. The fourth-order valence-electron chi connectivity index (χ4n) is 2.73. The van der Waals surface area contributed by atoms with E-state index in [1.807, 2.05) is 6.92 Å². The summed E-state index contributed by atoms with van der Waals surface area (Å²) in [6.45, 7) is 2.32. The number of anilines is 1. The van der Waals surface area contributed by atoms with Crippen molar-refractivity contribution in [1.29, 1.82) is 0 Å². The lowest BCUT2D eigenvalue weighted by Gasteiger charge is -2.15. The van der Waals surface area contributed by atoms with Gasteiger partial charge in [0.1, 0.15) is 17.2 Å². The Labute approximate surface area is 155 Å². The molecule has 26 heavy (non-hydrogen) atoms. The summed E-state index contributed by atoms with van der Waals surface area (Å²) < 4.78 is 1.70. The summed E-state index contributed by atoms with van der Waals surface area (Å²) in [7, 11) is 0. The van der Waals surface area contributed by atoms with Gasteiger partial charge in [-0.3, -0.25) is 4.79 Å². The molecule has 1 aromatic heterocycles. The highest BCUT2D eigenvalue weighted by atomic mass is 35.5. The molecule has 1 amide bonds. The van der Waals surface area contributed by atoms with Gasteiger partial charge in [0.05, 0.1) is 10.7 Å². The summed E-state index contributed by atoms with van der Waals surface area (Å²) in [5.74, 6) is -0.619. The molecule has 5 N–H and O–H groups in total. The van der Waals surface area contributed by atoms with Crippen LogP contribution in [0.3, 0.4) is 0 Å². The van der Waals surface area contributed by atoms with E-state index in [2.05, 4.69) is 5.32 Å². The van der Waals surface area contributed by atoms with Crippen molar-refractivity contribution in [3.63, 3.8) is 0 Å². The molecule has 0 fully saturated rings. The first-order valence-corrected chi connectivity index (χ1v) is 8.38. The summed E-state index contributed by atoms with van der Waals surface area (Å²) >= 11 is 6.01. The number of rotatable bonds is 4. The smallest absolute Gasteiger partial charge is 0.268 e. The second kappa shape index (κ2) is 7.01. The van der Waals surface area contributed by atoms with Crippen molar-refractivity contribution in [3.8, 4) is 28.4 Å². The Balaban J connectivity index is 2.25. The number of carbonyl (C=O) groups excluding carboxylic acids is 1. The van der Waals surface area contributed by atoms with Gasteiger partial charge >= 0.3 is 0 Å². The molecule has 1 heterocycles. The van der Waals surface area contributed by atoms with Crippen LogP contribution >= 0.6 is 11.6 Å². The Bertz CT molecular complexity index is 965. The number of aromatic hydroxyl groups is 2. The van der Waals surface area contributed by atoms with Gasteiger partial charge in [0.15, 0.2) is 0 Å². The number of nitrogens with one attached hydrogen (secondary N) is 1. The molecule has 6 nitrogen and oxygen atoms in total. The van der Waals surface area contributed by atoms with E-state index in [9.17, 15) is 15.0 Å². The summed E-state index contributed by atoms with van der Waals surface area (Å²) in [4.78, 5) is 12.5. The normalized spacial score (nSPS) is 10.7. The van der Waals surface area contributed by atoms with Crippen LogP contribution in [0.5, 0.6) is 11.5 Å². The van der Waals surface area contributed by atoms with E-state index in [1.54, 1.807) is 41.0 Å². The van der Waals surface area contributed by atoms with Crippen LogP contribution in [0.25, 0.3) is 16.9 Å². The molecule has 0 bridgehead atoms. The van der Waals surface area contributed by atoms with Crippen molar-refractivity contribution in [1.82, 2.24) is 9.88 Å². The molecule has 0 unspecified atom stereocenters. The van der Waals surface area contributed by atoms with Crippen LogP contribution in [0.1, 0.15) is 17.4 Å². The largest absolute Gasteiger partial charge is 0.507 e. The average Bonchev–Trinajstić information content (AvgIpc) is 3.04. The maximum Gasteiger partial charge on any atom is 0.268 e. The molecular weight excluding hydrogens is 354 g/mol. The number of phenolic OH excluding ortho intramolecular Hbond substituents is 2. The Hall–Kier alpha value is -3.12. The number of benzene rings is 2. The maximum absolute atomic E-state index is 12.5. The zero-order valence-corrected chi connectivity index (χ0v) is 14.8. The van der Waals surface area contributed by atoms with Gasteiger partial charge in [-0.25, -0.2) is 0 Å². The van der Waals surface area contributed by atoms with Crippen molar-refractivity contribution < 1.29 is 15.0 Å². The molecule has 0 aliphatic carbocycles. The standard InChI is InChI=1S/C19H18ClN3O3/c1-2-22-19(26)16-8-7-15(13-9-14(20)18(25)10-17(13)24)23(16)12-5-3-11(21)4-6-12/h3-10,24-25H,2,21H2,1H3,(H,22,26). The predicted octanol–water partition coefficient (Wildman–Crippen LogP) is 3.54. The van der Waals surface area contributed by atoms with Gasteiger partial charge in [-0.2, -0.15) is 0 Å². The number of nitrogens with two attached hydrogens (primary N) is 1. The quantitative estimate of drug-likeness (QED) is 0.527. The van der Waals surface area contributed by atoms with Gasteiger partial charge in [-0.1, -0.05) is 11.6 Å². The molecule has 0 spiro atoms. The van der Waals surface area contributed by atoms with Crippen molar-refractivity contribution in [3.05, 3.63) is 59.2 Å². The van der Waals surface area contributed by atoms with Crippen LogP contribution in [-0.4, -0.2) is 27.2 Å². The molecule has 0 aliphatic heterocycles. The Morgan fingerprint density at radius 3 is 2.46 bits per heavy atom. The molecule has 0 aliphatic rings. The van der Waals surface area contributed by atoms with E-state index in [0.29, 0.717) is 34.9 Å². The molecule has 0 saturated carbocycles. The van der Waals surface area contributed by atoms with E-state index < -0.39 is 0 Å². The van der Waals surface area contributed by atoms with Crippen LogP contribution in [0.2, 0.25) is 5.02 Å². The highest BCUT2D eigenvalue weighted by molar-refractivity contribution is 6.32. The fraction of sp³-hybridized carbons (Fsp3) is 0.105. The Kier molecular flexibility index (Phi) is 4.77. The monoisotopic (exact) mass is 371 g/mol. The minimum atomic E-state index is -0.250. The molecule has 134 valence electrons. The van der Waals surface area contributed by atoms with Crippen molar-refractivity contribution in [2.45, 2.75) is 6.92 Å². The van der Waals surface area contributed by atoms with Gasteiger partial charge < -0.3 is 25.8 Å². The molecule has 2 aromatic carbocycles. The van der Waals surface area contributed by atoms with E-state index in [-0.39, 0.29) is 22.4 Å². The zero-order chi connectivity index (χ0) is 18.8. The molecule has 0 atom stereocenters. The van der Waals surface area contributed by atoms with Gasteiger partial charge in [0.2, 0.25) is 0 Å². The van der Waals surface area contributed by atoms with E-state index in [4.69, 9.17) is 17.3 Å². The summed E-state index contributed by atoms with van der Waals surface area (Å²) in [5.41, 5.74) is 8.39. The maximum atomic E-state index is 12.5. The number of carbonyl (C=O) groups is 1. The fourth-order valence-corrected chi connectivity index (χ4v) is 2.90. The number of aromatic nitrogens is 1. The van der Waals surface area contributed by atoms with E-state index >= 15 is 0 Å². The topological polar surface area (TPSA) is 101 Å². The lowest BCUT2D eigenvalue weighted by molar-refractivity contribution is 0.0949. The van der Waals surface area contributed by atoms with Gasteiger partial charge in [-0.15, -0.1) is 0 Å². The first kappa shape index (κ1) is 17.7. The summed E-state index contributed by atoms with van der Waals surface area (Å²) in [6, 6.07) is 13.0. The second-order valence-corrected chi connectivity index (χ2v) is 6.12. The van der Waals surface area contributed by atoms with Gasteiger partial charge in [0.25, 0.3) is 5.91 Å². The summed E-state index contributed by atoms with van der Waals surface area (Å²) in [6.07, 6.45) is 0. The molecule has 0 saturated heterocycles. The third kappa shape index (κ3) is 3.19. The molecule has 3 aromatic rings. The van der Waals surface area contributed by atoms with Crippen LogP contribution in [-0.2, 0) is 0 Å². The third-order valence-electron chi connectivity index (χ3n) is 3.94. The number of nitrogen functional groups attached to an aromatic ring is 1. The minimum absolute atomic E-state index is 0.0995. The minimum Gasteiger partial charge on any atom is -0.507 e. The SMILES string of the molecule is CCNC(=O)c1ccc(-c2cc(Cl)c(O)cc2O)n1-c1ccc(N)cc1. The number of amides is 1. The number of nitrogens with zero attached hydrogens (tertiary/aromatic N) is 1. The van der Waals surface area contributed by atoms with Crippen molar-refractivity contribution in [2.75, 3.05) is 12.3 Å². The summed E-state index contributed by atoms with van der Waals surface area (Å²) in [5, 5.41) is 22.8. The van der Waals surface area contributed by atoms with Crippen molar-refractivity contribution >= 4 is 23.2 Å². The van der Waals surface area contributed by atoms with Crippen LogP contribution in [0.15, 0.2) is 48.5 Å². The van der Waals surface area contributed by atoms with Crippen molar-refractivity contribution in [2.24, 2.45) is 0 Å².